The summed E-state index contributed by atoms with van der Waals surface area (Å²) in [6, 6.07) is 78.6. The number of hydrogen-bond acceptors (Lipinski definition) is 3. The molecule has 0 fully saturated rings. The van der Waals surface area contributed by atoms with Gasteiger partial charge in [-0.3, -0.25) is 0 Å². The average molecular weight is 860 g/mol. The molecule has 0 radical (unpaired) electrons. The van der Waals surface area contributed by atoms with Gasteiger partial charge in [0.1, 0.15) is 11.2 Å². The molecule has 3 heteroatoms. The summed E-state index contributed by atoms with van der Waals surface area (Å²) in [5.74, 6) is 0. The van der Waals surface area contributed by atoms with Crippen molar-refractivity contribution in [1.29, 1.82) is 0 Å². The van der Waals surface area contributed by atoms with Crippen LogP contribution in [0.15, 0.2) is 217 Å². The van der Waals surface area contributed by atoms with E-state index in [-0.39, 0.29) is 5.41 Å². The fourth-order valence-electron chi connectivity index (χ4n) is 11.3. The van der Waals surface area contributed by atoms with Crippen molar-refractivity contribution in [2.24, 2.45) is 0 Å². The first-order chi connectivity index (χ1) is 32.5. The van der Waals surface area contributed by atoms with E-state index in [0.29, 0.717) is 0 Å². The molecule has 310 valence electrons. The van der Waals surface area contributed by atoms with Gasteiger partial charge in [0.05, 0.1) is 0 Å². The maximum Gasteiger partial charge on any atom is 0.143 e. The van der Waals surface area contributed by atoms with Crippen LogP contribution in [0.25, 0.3) is 109 Å². The van der Waals surface area contributed by atoms with Gasteiger partial charge in [0.15, 0.2) is 0 Å². The molecule has 66 heavy (non-hydrogen) atoms. The van der Waals surface area contributed by atoms with Gasteiger partial charge in [-0.25, -0.2) is 0 Å². The van der Waals surface area contributed by atoms with E-state index in [4.69, 9.17) is 4.42 Å². The van der Waals surface area contributed by atoms with Crippen LogP contribution in [0.1, 0.15) is 25.0 Å². The molecule has 0 saturated carbocycles. The number of hydrogen-bond donors (Lipinski definition) is 0. The van der Waals surface area contributed by atoms with Crippen LogP contribution in [-0.4, -0.2) is 0 Å². The van der Waals surface area contributed by atoms with Crippen LogP contribution < -0.4 is 4.90 Å². The minimum absolute atomic E-state index is 0.148. The van der Waals surface area contributed by atoms with Crippen molar-refractivity contribution in [3.63, 3.8) is 0 Å². The Labute approximate surface area is 387 Å². The monoisotopic (exact) mass is 859 g/mol. The summed E-state index contributed by atoms with van der Waals surface area (Å²) in [7, 11) is 0. The van der Waals surface area contributed by atoms with E-state index in [9.17, 15) is 0 Å². The topological polar surface area (TPSA) is 16.4 Å². The molecule has 0 bridgehead atoms. The van der Waals surface area contributed by atoms with Crippen molar-refractivity contribution in [1.82, 2.24) is 0 Å². The Hall–Kier alpha value is -7.98. The standard InChI is InChI=1S/C63H41NOS/c1-63(2)56-23-10-7-17-47(56)48-33-31-41(37-57(48)63)64(39-28-26-38(27-29-39)42-21-13-22-54-50-19-9-12-25-59(50)66-62(42)54)40-30-32-46-52-34-35-53-49-18-8-11-24-58(49)65-61(53)60(52)51-20-6-5-15-44(51)43-14-3-4-16-45(43)55(46)36-40/h3-37H,1-2H3. The third-order valence-electron chi connectivity index (χ3n) is 14.5. The van der Waals surface area contributed by atoms with Gasteiger partial charge in [-0.1, -0.05) is 172 Å². The van der Waals surface area contributed by atoms with Crippen LogP contribution in [0.2, 0.25) is 0 Å². The molecule has 0 saturated heterocycles. The molecular formula is C63H41NOS. The van der Waals surface area contributed by atoms with Crippen LogP contribution in [0.5, 0.6) is 0 Å². The van der Waals surface area contributed by atoms with Crippen molar-refractivity contribution in [2.45, 2.75) is 19.3 Å². The van der Waals surface area contributed by atoms with Gasteiger partial charge in [0.25, 0.3) is 0 Å². The summed E-state index contributed by atoms with van der Waals surface area (Å²) in [6.45, 7) is 4.73. The average Bonchev–Trinajstić information content (AvgIpc) is 4.01. The van der Waals surface area contributed by atoms with Gasteiger partial charge in [-0.2, -0.15) is 0 Å². The number of fused-ring (bicyclic) bond motifs is 18. The molecule has 14 rings (SSSR count). The zero-order valence-electron chi connectivity index (χ0n) is 36.5. The van der Waals surface area contributed by atoms with Crippen LogP contribution in [0, 0.1) is 0 Å². The van der Waals surface area contributed by atoms with Gasteiger partial charge in [0.2, 0.25) is 0 Å². The summed E-state index contributed by atoms with van der Waals surface area (Å²) in [5.41, 5.74) is 22.2. The minimum Gasteiger partial charge on any atom is -0.455 e. The SMILES string of the molecule is CC1(C)c2ccccc2-c2ccc(N(c3ccc(-c4cccc5c4sc4ccccc45)cc3)c3ccc4c(c3)-c3ccccc3-c3ccccc3-c3c-4ccc4c3oc3ccccc34)cc21. The third kappa shape index (κ3) is 5.35. The Kier molecular flexibility index (Phi) is 7.94. The first-order valence-corrected chi connectivity index (χ1v) is 23.6. The lowest BCUT2D eigenvalue weighted by Crippen LogP contribution is -2.16. The third-order valence-corrected chi connectivity index (χ3v) is 15.7. The number of nitrogens with zero attached hydrogens (tertiary/aromatic N) is 1. The largest absolute Gasteiger partial charge is 0.455 e. The summed E-state index contributed by atoms with van der Waals surface area (Å²) < 4.78 is 9.48. The summed E-state index contributed by atoms with van der Waals surface area (Å²) in [4.78, 5) is 2.46. The van der Waals surface area contributed by atoms with E-state index in [1.807, 2.05) is 11.3 Å². The lowest BCUT2D eigenvalue weighted by molar-refractivity contribution is 0.660. The Balaban J connectivity index is 0.995. The molecule has 0 unspecified atom stereocenters. The van der Waals surface area contributed by atoms with Gasteiger partial charge in [-0.15, -0.1) is 11.3 Å². The number of anilines is 3. The molecule has 0 amide bonds. The highest BCUT2D eigenvalue weighted by Gasteiger charge is 2.36. The van der Waals surface area contributed by atoms with Crippen LogP contribution in [0.4, 0.5) is 17.1 Å². The Bertz CT molecular complexity index is 3980. The number of thiophene rings is 1. The first kappa shape index (κ1) is 37.4. The van der Waals surface area contributed by atoms with Gasteiger partial charge in [0, 0.05) is 59.0 Å². The smallest absolute Gasteiger partial charge is 0.143 e. The maximum absolute atomic E-state index is 6.83. The van der Waals surface area contributed by atoms with Crippen LogP contribution in [0.3, 0.4) is 0 Å². The highest BCUT2D eigenvalue weighted by Crippen LogP contribution is 2.54. The predicted molar refractivity (Wildman–Crippen MR) is 280 cm³/mol. The second-order valence-corrected chi connectivity index (χ2v) is 19.4. The molecule has 0 N–H and O–H groups in total. The summed E-state index contributed by atoms with van der Waals surface area (Å²) in [6.07, 6.45) is 0. The highest BCUT2D eigenvalue weighted by atomic mass is 32.1. The zero-order chi connectivity index (χ0) is 43.7. The molecule has 12 aromatic rings. The highest BCUT2D eigenvalue weighted by molar-refractivity contribution is 7.26. The second kappa shape index (κ2) is 14.0. The Morgan fingerprint density at radius 3 is 1.76 bits per heavy atom. The molecule has 2 heterocycles. The zero-order valence-corrected chi connectivity index (χ0v) is 37.3. The fourth-order valence-corrected chi connectivity index (χ4v) is 12.6. The molecular weight excluding hydrogens is 819 g/mol. The summed E-state index contributed by atoms with van der Waals surface area (Å²) in [5, 5.41) is 4.89. The second-order valence-electron chi connectivity index (χ2n) is 18.3. The van der Waals surface area contributed by atoms with Crippen LogP contribution in [-0.2, 0) is 5.41 Å². The number of para-hydroxylation sites is 1. The molecule has 2 aliphatic carbocycles. The van der Waals surface area contributed by atoms with Crippen molar-refractivity contribution in [3.8, 4) is 66.8 Å². The van der Waals surface area contributed by atoms with Crippen LogP contribution >= 0.6 is 11.3 Å². The number of rotatable bonds is 4. The van der Waals surface area contributed by atoms with Gasteiger partial charge in [-0.05, 0) is 127 Å². The van der Waals surface area contributed by atoms with E-state index in [2.05, 4.69) is 231 Å². The van der Waals surface area contributed by atoms with Gasteiger partial charge >= 0.3 is 0 Å². The molecule has 2 aliphatic rings. The molecule has 0 spiro atoms. The first-order valence-electron chi connectivity index (χ1n) is 22.8. The van der Waals surface area contributed by atoms with Crippen molar-refractivity contribution in [2.75, 3.05) is 4.90 Å². The van der Waals surface area contributed by atoms with Gasteiger partial charge < -0.3 is 9.32 Å². The molecule has 0 atom stereocenters. The number of benzene rings is 10. The normalized spacial score (nSPS) is 13.1. The maximum atomic E-state index is 6.83. The quantitative estimate of drug-likeness (QED) is 0.175. The molecule has 2 aromatic heterocycles. The number of furan rings is 1. The predicted octanol–water partition coefficient (Wildman–Crippen LogP) is 18.4. The van der Waals surface area contributed by atoms with E-state index in [1.54, 1.807) is 0 Å². The summed E-state index contributed by atoms with van der Waals surface area (Å²) >= 11 is 1.88. The van der Waals surface area contributed by atoms with Crippen molar-refractivity contribution in [3.05, 3.63) is 223 Å². The molecule has 0 aliphatic heterocycles. The van der Waals surface area contributed by atoms with E-state index in [0.717, 1.165) is 50.1 Å². The van der Waals surface area contributed by atoms with E-state index >= 15 is 0 Å². The van der Waals surface area contributed by atoms with Crippen molar-refractivity contribution >= 4 is 70.5 Å². The lowest BCUT2D eigenvalue weighted by Gasteiger charge is -2.30. The molecule has 2 nitrogen and oxygen atoms in total. The Morgan fingerprint density at radius 1 is 0.379 bits per heavy atom. The minimum atomic E-state index is -0.148. The lowest BCUT2D eigenvalue weighted by atomic mass is 9.80. The van der Waals surface area contributed by atoms with E-state index in [1.165, 1.54) is 86.9 Å². The fraction of sp³-hybridized carbons (Fsp3) is 0.0476. The Morgan fingerprint density at radius 2 is 0.939 bits per heavy atom. The van der Waals surface area contributed by atoms with Crippen molar-refractivity contribution < 1.29 is 4.42 Å². The van der Waals surface area contributed by atoms with E-state index < -0.39 is 0 Å². The molecule has 10 aromatic carbocycles.